The fourth-order valence-electron chi connectivity index (χ4n) is 3.21. The first-order valence-corrected chi connectivity index (χ1v) is 7.09. The molecule has 1 aromatic carbocycles. The van der Waals surface area contributed by atoms with E-state index >= 15 is 0 Å². The van der Waals surface area contributed by atoms with Crippen LogP contribution in [0.15, 0.2) is 18.2 Å². The number of hydrogen-bond donors (Lipinski definition) is 1. The Kier molecular flexibility index (Phi) is 4.35. The molecule has 0 heterocycles. The lowest BCUT2D eigenvalue weighted by Gasteiger charge is -2.39. The van der Waals surface area contributed by atoms with Gasteiger partial charge in [0.1, 0.15) is 11.5 Å². The van der Waals surface area contributed by atoms with Crippen LogP contribution in [0.5, 0.6) is 11.5 Å². The third-order valence-corrected chi connectivity index (χ3v) is 4.52. The lowest BCUT2D eigenvalue weighted by Crippen LogP contribution is -2.34. The molecule has 19 heavy (non-hydrogen) atoms. The standard InChI is InChI=1S/C16H25NO2/c1-16(10-5-4-6-11-16)15(17)14-12(18-2)8-7-9-13(14)19-3/h7-9,15H,4-6,10-11,17H2,1-3H3. The van der Waals surface area contributed by atoms with Crippen molar-refractivity contribution in [2.24, 2.45) is 11.1 Å². The van der Waals surface area contributed by atoms with Gasteiger partial charge in [-0.3, -0.25) is 0 Å². The van der Waals surface area contributed by atoms with Crippen LogP contribution in [0.1, 0.15) is 50.6 Å². The van der Waals surface area contributed by atoms with E-state index in [0.717, 1.165) is 17.1 Å². The maximum Gasteiger partial charge on any atom is 0.127 e. The second-order valence-corrected chi connectivity index (χ2v) is 5.77. The molecule has 0 aliphatic heterocycles. The zero-order chi connectivity index (χ0) is 13.9. The second-order valence-electron chi connectivity index (χ2n) is 5.77. The summed E-state index contributed by atoms with van der Waals surface area (Å²) in [5.74, 6) is 1.66. The topological polar surface area (TPSA) is 44.5 Å². The van der Waals surface area contributed by atoms with Crippen molar-refractivity contribution in [1.82, 2.24) is 0 Å². The van der Waals surface area contributed by atoms with Crippen LogP contribution in [-0.2, 0) is 0 Å². The van der Waals surface area contributed by atoms with Gasteiger partial charge in [-0.05, 0) is 30.4 Å². The van der Waals surface area contributed by atoms with Gasteiger partial charge in [0.25, 0.3) is 0 Å². The van der Waals surface area contributed by atoms with E-state index in [-0.39, 0.29) is 11.5 Å². The third kappa shape index (κ3) is 2.71. The average molecular weight is 263 g/mol. The van der Waals surface area contributed by atoms with Crippen LogP contribution in [0, 0.1) is 5.41 Å². The van der Waals surface area contributed by atoms with Crippen LogP contribution in [0.2, 0.25) is 0 Å². The minimum atomic E-state index is -0.0427. The quantitative estimate of drug-likeness (QED) is 0.901. The van der Waals surface area contributed by atoms with Crippen molar-refractivity contribution in [3.05, 3.63) is 23.8 Å². The predicted octanol–water partition coefficient (Wildman–Crippen LogP) is 3.67. The molecule has 3 nitrogen and oxygen atoms in total. The first-order valence-electron chi connectivity index (χ1n) is 7.09. The summed E-state index contributed by atoms with van der Waals surface area (Å²) in [6.07, 6.45) is 6.21. The summed E-state index contributed by atoms with van der Waals surface area (Å²) in [4.78, 5) is 0. The van der Waals surface area contributed by atoms with E-state index in [4.69, 9.17) is 15.2 Å². The van der Waals surface area contributed by atoms with E-state index in [1.165, 1.54) is 32.1 Å². The zero-order valence-corrected chi connectivity index (χ0v) is 12.2. The number of hydrogen-bond acceptors (Lipinski definition) is 3. The molecule has 0 spiro atoms. The summed E-state index contributed by atoms with van der Waals surface area (Å²) in [6, 6.07) is 5.82. The summed E-state index contributed by atoms with van der Waals surface area (Å²) in [6.45, 7) is 2.29. The molecule has 1 aliphatic carbocycles. The Labute approximate surface area is 116 Å². The molecule has 1 aliphatic rings. The minimum Gasteiger partial charge on any atom is -0.496 e. The Morgan fingerprint density at radius 2 is 1.58 bits per heavy atom. The summed E-state index contributed by atoms with van der Waals surface area (Å²) >= 11 is 0. The molecular weight excluding hydrogens is 238 g/mol. The van der Waals surface area contributed by atoms with E-state index in [1.54, 1.807) is 14.2 Å². The first-order chi connectivity index (χ1) is 9.12. The maximum absolute atomic E-state index is 6.60. The molecule has 2 rings (SSSR count). The maximum atomic E-state index is 6.60. The van der Waals surface area contributed by atoms with Crippen LogP contribution >= 0.6 is 0 Å². The fraction of sp³-hybridized carbons (Fsp3) is 0.625. The molecule has 1 atom stereocenters. The highest BCUT2D eigenvalue weighted by atomic mass is 16.5. The monoisotopic (exact) mass is 263 g/mol. The molecule has 2 N–H and O–H groups in total. The largest absolute Gasteiger partial charge is 0.496 e. The number of benzene rings is 1. The highest BCUT2D eigenvalue weighted by molar-refractivity contribution is 5.47. The lowest BCUT2D eigenvalue weighted by atomic mass is 9.68. The number of ether oxygens (including phenoxy) is 2. The molecule has 106 valence electrons. The number of nitrogens with two attached hydrogens (primary N) is 1. The van der Waals surface area contributed by atoms with E-state index in [1.807, 2.05) is 18.2 Å². The van der Waals surface area contributed by atoms with Crippen molar-refractivity contribution in [2.45, 2.75) is 45.1 Å². The normalized spacial score (nSPS) is 19.8. The van der Waals surface area contributed by atoms with Crippen molar-refractivity contribution in [3.8, 4) is 11.5 Å². The zero-order valence-electron chi connectivity index (χ0n) is 12.2. The van der Waals surface area contributed by atoms with Crippen LogP contribution in [0.3, 0.4) is 0 Å². The van der Waals surface area contributed by atoms with Gasteiger partial charge in [-0.25, -0.2) is 0 Å². The molecule has 0 bridgehead atoms. The van der Waals surface area contributed by atoms with Crippen molar-refractivity contribution in [3.63, 3.8) is 0 Å². The van der Waals surface area contributed by atoms with Crippen LogP contribution in [-0.4, -0.2) is 14.2 Å². The second kappa shape index (κ2) is 5.83. The van der Waals surface area contributed by atoms with Gasteiger partial charge >= 0.3 is 0 Å². The molecule has 0 saturated heterocycles. The molecule has 0 amide bonds. The van der Waals surface area contributed by atoms with Gasteiger partial charge in [0.15, 0.2) is 0 Å². The molecule has 1 saturated carbocycles. The summed E-state index contributed by atoms with van der Waals surface area (Å²) < 4.78 is 11.0. The average Bonchev–Trinajstić information content (AvgIpc) is 2.46. The number of rotatable bonds is 4. The van der Waals surface area contributed by atoms with Gasteiger partial charge in [0.2, 0.25) is 0 Å². The summed E-state index contributed by atoms with van der Waals surface area (Å²) in [5, 5.41) is 0. The molecule has 1 aromatic rings. The Hall–Kier alpha value is -1.22. The van der Waals surface area contributed by atoms with Gasteiger partial charge in [-0.1, -0.05) is 32.3 Å². The SMILES string of the molecule is COc1cccc(OC)c1C(N)C1(C)CCCCC1. The summed E-state index contributed by atoms with van der Waals surface area (Å²) in [7, 11) is 3.38. The van der Waals surface area contributed by atoms with E-state index in [0.29, 0.717) is 0 Å². The highest BCUT2D eigenvalue weighted by Gasteiger charge is 2.36. The van der Waals surface area contributed by atoms with Crippen molar-refractivity contribution in [1.29, 1.82) is 0 Å². The molecule has 1 fully saturated rings. The van der Waals surface area contributed by atoms with E-state index in [2.05, 4.69) is 6.92 Å². The van der Waals surface area contributed by atoms with Gasteiger partial charge in [-0.15, -0.1) is 0 Å². The number of methoxy groups -OCH3 is 2. The smallest absolute Gasteiger partial charge is 0.127 e. The van der Waals surface area contributed by atoms with Gasteiger partial charge in [0, 0.05) is 6.04 Å². The molecule has 0 aromatic heterocycles. The van der Waals surface area contributed by atoms with Gasteiger partial charge in [0.05, 0.1) is 19.8 Å². The van der Waals surface area contributed by atoms with Crippen molar-refractivity contribution in [2.75, 3.05) is 14.2 Å². The van der Waals surface area contributed by atoms with Gasteiger partial charge < -0.3 is 15.2 Å². The third-order valence-electron chi connectivity index (χ3n) is 4.52. The summed E-state index contributed by atoms with van der Waals surface area (Å²) in [5.41, 5.74) is 7.75. The molecule has 0 radical (unpaired) electrons. The molecule has 1 unspecified atom stereocenters. The van der Waals surface area contributed by atoms with Gasteiger partial charge in [-0.2, -0.15) is 0 Å². The fourth-order valence-corrected chi connectivity index (χ4v) is 3.21. The van der Waals surface area contributed by atoms with Crippen molar-refractivity contribution >= 4 is 0 Å². The van der Waals surface area contributed by atoms with E-state index in [9.17, 15) is 0 Å². The van der Waals surface area contributed by atoms with Crippen LogP contribution in [0.25, 0.3) is 0 Å². The molecule has 3 heteroatoms. The highest BCUT2D eigenvalue weighted by Crippen LogP contribution is 2.48. The Morgan fingerprint density at radius 3 is 2.05 bits per heavy atom. The lowest BCUT2D eigenvalue weighted by molar-refractivity contribution is 0.165. The predicted molar refractivity (Wildman–Crippen MR) is 77.7 cm³/mol. The molecular formula is C16H25NO2. The Morgan fingerprint density at radius 1 is 1.05 bits per heavy atom. The van der Waals surface area contributed by atoms with Crippen LogP contribution in [0.4, 0.5) is 0 Å². The Bertz CT molecular complexity index is 403. The minimum absolute atomic E-state index is 0.0427. The Balaban J connectivity index is 2.39. The van der Waals surface area contributed by atoms with Crippen molar-refractivity contribution < 1.29 is 9.47 Å². The van der Waals surface area contributed by atoms with Crippen LogP contribution < -0.4 is 15.2 Å². The first kappa shape index (κ1) is 14.2. The van der Waals surface area contributed by atoms with E-state index < -0.39 is 0 Å².